The monoisotopic (exact) mass is 1810 g/mol. The van der Waals surface area contributed by atoms with Gasteiger partial charge in [-0.05, 0) is 68.6 Å². The molecule has 0 aliphatic carbocycles. The molecular weight excluding hydrogens is 1700 g/mol. The highest BCUT2D eigenvalue weighted by atomic mass is 32.1. The number of carboxylic acid groups (broad SMARTS) is 3. The maximum atomic E-state index is 14.9. The molecule has 2 aliphatic heterocycles. The van der Waals surface area contributed by atoms with E-state index in [0.717, 1.165) is 9.80 Å². The standard InChI is InChI=1S/C71H107N23O25S4/c1-3-32(2)55(68(117)89-44(27-120)56(74)105)92-58(107)37(14-15-52(99)100)82-67(116)49-9-5-17-93(49)69(118)41(20-34-25-77-31-79-34)86-61(110)40(22-53(101)102)85-59(108)38(19-33-10-12-35(96)13-11-33)83-60(109)39(21-50(73)97)84-64(113)46(29-122)90-57(106)36(7-4-16-78-71(75)76)81-66(115)48-8-6-18-94(48)70(119)42(23-54(103)104)87-62(111)43(26-95)88-65(114)47(30-123)91-63(112)45(28-121)80-51(98)24-72/h10-13,25,31-32,36-49,55,95-96,120-123H,3-9,14-24,26-30,72H2,1-2H3,(H2,73,97)(H2,74,105)(H,77,79)(H,80,98)(H,81,115)(H,82,116)(H,83,109)(H,84,113)(H,85,108)(H,86,110)(H,87,111)(H,88,114)(H,89,117)(H,90,106)(H,91,112)(H,92,107)(H,99,100)(H,101,102)(H,103,104)(H4,75,76,78)/t32-,36-,37-,38-,39-,40-,41-,42-,43-,44-,45-,46-,47-,48-,49-,55-/m0/s1. The number of aliphatic carboxylic acids is 3. The number of aromatic hydroxyl groups is 1. The SMILES string of the molecule is CC[C@H](C)[C@H](NC(=O)[C@H](CCC(=O)O)NC(=O)[C@@H]1CCCN1C(=O)[C@H](Cc1cnc[nH]1)NC(=O)[C@H](CC(=O)O)NC(=O)[C@H](Cc1ccc(O)cc1)NC(=O)[C@H](CC(N)=O)NC(=O)[C@H](CS)NC(=O)[C@H](CCCNC(=N)N)NC(=O)[C@@H]1CCCN1C(=O)[C@H](CC(=O)O)NC(=O)[C@H](CO)NC(=O)[C@H](CS)NC(=O)[C@H](CS)NC(=O)CN)C(=O)N[C@@H](CS)C(N)=O. The second kappa shape index (κ2) is 51.9. The number of primary amides is 2. The van der Waals surface area contributed by atoms with Gasteiger partial charge in [0.05, 0.1) is 38.7 Å². The summed E-state index contributed by atoms with van der Waals surface area (Å²) in [5.41, 5.74) is 22.1. The van der Waals surface area contributed by atoms with Crippen molar-refractivity contribution in [1.82, 2.24) is 94.2 Å². The highest BCUT2D eigenvalue weighted by molar-refractivity contribution is 7.80. The number of hydrogen-bond donors (Lipinski definition) is 29. The van der Waals surface area contributed by atoms with Crippen molar-refractivity contribution >= 4 is 175 Å². The predicted molar refractivity (Wildman–Crippen MR) is 443 cm³/mol. The highest BCUT2D eigenvalue weighted by Crippen LogP contribution is 2.24. The third kappa shape index (κ3) is 33.9. The van der Waals surface area contributed by atoms with Gasteiger partial charge in [0.1, 0.15) is 96.4 Å². The fourth-order valence-corrected chi connectivity index (χ4v) is 13.6. The van der Waals surface area contributed by atoms with Crippen LogP contribution in [0.3, 0.4) is 0 Å². The molecule has 29 N–H and O–H groups in total. The molecule has 2 fully saturated rings. The minimum atomic E-state index is -2.15. The van der Waals surface area contributed by atoms with E-state index in [2.05, 4.69) is 135 Å². The van der Waals surface area contributed by atoms with E-state index in [1.807, 2.05) is 0 Å². The van der Waals surface area contributed by atoms with E-state index in [0.29, 0.717) is 6.42 Å². The lowest BCUT2D eigenvalue weighted by molar-refractivity contribution is -0.146. The lowest BCUT2D eigenvalue weighted by atomic mass is 9.97. The molecule has 0 bridgehead atoms. The van der Waals surface area contributed by atoms with Crippen molar-refractivity contribution < 1.29 is 121 Å². The molecule has 1 aromatic carbocycles. The molecule has 0 unspecified atom stereocenters. The number of nitrogens with two attached hydrogens (primary N) is 4. The van der Waals surface area contributed by atoms with Gasteiger partial charge in [0, 0.05) is 73.8 Å². The van der Waals surface area contributed by atoms with Crippen LogP contribution in [0, 0.1) is 11.3 Å². The summed E-state index contributed by atoms with van der Waals surface area (Å²) in [5.74, 6) is -26.4. The molecule has 1 aromatic heterocycles. The van der Waals surface area contributed by atoms with Crippen molar-refractivity contribution in [1.29, 1.82) is 5.41 Å². The zero-order chi connectivity index (χ0) is 92.1. The summed E-state index contributed by atoms with van der Waals surface area (Å²) >= 11 is 16.3. The van der Waals surface area contributed by atoms with Crippen LogP contribution in [0.25, 0.3) is 0 Å². The summed E-state index contributed by atoms with van der Waals surface area (Å²) in [7, 11) is 0. The number of aliphatic hydroxyl groups is 1. The zero-order valence-corrected chi connectivity index (χ0v) is 70.4. The van der Waals surface area contributed by atoms with Crippen LogP contribution in [0.15, 0.2) is 36.8 Å². The number of phenolic OH excluding ortho intramolecular Hbond substituents is 1. The molecule has 17 amide bonds. The lowest BCUT2D eigenvalue weighted by Crippen LogP contribution is -2.62. The average molecular weight is 1810 g/mol. The van der Waals surface area contributed by atoms with Crippen LogP contribution in [0.1, 0.15) is 102 Å². The molecule has 4 rings (SSSR count). The molecule has 48 nitrogen and oxygen atoms in total. The van der Waals surface area contributed by atoms with Gasteiger partial charge >= 0.3 is 17.9 Å². The van der Waals surface area contributed by atoms with Crippen LogP contribution >= 0.6 is 50.5 Å². The van der Waals surface area contributed by atoms with E-state index in [-0.39, 0.29) is 86.7 Å². The van der Waals surface area contributed by atoms with Gasteiger partial charge in [0.25, 0.3) is 0 Å². The van der Waals surface area contributed by atoms with Gasteiger partial charge < -0.3 is 138 Å². The van der Waals surface area contributed by atoms with Crippen molar-refractivity contribution in [2.45, 2.75) is 194 Å². The summed E-state index contributed by atoms with van der Waals surface area (Å²) in [4.78, 5) is 280. The number of nitrogens with zero attached hydrogens (tertiary/aromatic N) is 3. The maximum absolute atomic E-state index is 14.9. The Bertz CT molecular complexity index is 4120. The largest absolute Gasteiger partial charge is 0.508 e. The molecule has 123 heavy (non-hydrogen) atoms. The molecule has 52 heteroatoms. The van der Waals surface area contributed by atoms with Crippen molar-refractivity contribution in [2.24, 2.45) is 28.9 Å². The minimum Gasteiger partial charge on any atom is -0.508 e. The van der Waals surface area contributed by atoms with Gasteiger partial charge in [0.15, 0.2) is 5.96 Å². The second-order valence-corrected chi connectivity index (χ2v) is 30.0. The first-order valence-corrected chi connectivity index (χ1v) is 41.0. The molecule has 2 saturated heterocycles. The minimum absolute atomic E-state index is 0.0580. The number of likely N-dealkylation sites (tertiary alicyclic amines) is 2. The first kappa shape index (κ1) is 104. The van der Waals surface area contributed by atoms with Gasteiger partial charge in [0.2, 0.25) is 100 Å². The van der Waals surface area contributed by atoms with Crippen LogP contribution < -0.4 is 97.4 Å². The molecular formula is C71H107N23O25S4. The first-order chi connectivity index (χ1) is 58.1. The number of aromatic nitrogens is 2. The summed E-state index contributed by atoms with van der Waals surface area (Å²) in [6, 6.07) is -20.3. The number of carboxylic acids is 3. The van der Waals surface area contributed by atoms with Crippen LogP contribution in [0.5, 0.6) is 5.75 Å². The van der Waals surface area contributed by atoms with Crippen molar-refractivity contribution in [3.63, 3.8) is 0 Å². The Labute approximate surface area is 725 Å². The van der Waals surface area contributed by atoms with E-state index >= 15 is 0 Å². The van der Waals surface area contributed by atoms with Crippen LogP contribution in [0.2, 0.25) is 0 Å². The van der Waals surface area contributed by atoms with Gasteiger partial charge in [-0.25, -0.2) is 4.98 Å². The molecule has 0 spiro atoms. The number of hydrogen-bond acceptors (Lipinski definition) is 29. The Morgan fingerprint density at radius 1 is 0.512 bits per heavy atom. The van der Waals surface area contributed by atoms with Crippen molar-refractivity contribution in [2.75, 3.05) is 55.8 Å². The number of aromatic amines is 1. The first-order valence-electron chi connectivity index (χ1n) is 38.5. The number of nitrogens with one attached hydrogen (secondary N) is 16. The Hall–Kier alpha value is -11.8. The van der Waals surface area contributed by atoms with Crippen LogP contribution in [-0.4, -0.2) is 316 Å². The van der Waals surface area contributed by atoms with Crippen molar-refractivity contribution in [3.8, 4) is 5.75 Å². The fraction of sp³-hybridized carbons (Fsp3) is 0.577. The number of imidazole rings is 1. The third-order valence-electron chi connectivity index (χ3n) is 19.3. The number of amides is 17. The van der Waals surface area contributed by atoms with E-state index in [1.54, 1.807) is 13.8 Å². The second-order valence-electron chi connectivity index (χ2n) is 28.5. The van der Waals surface area contributed by atoms with Gasteiger partial charge in [-0.15, -0.1) is 0 Å². The quantitative estimate of drug-likeness (QED) is 0.0127. The molecule has 3 heterocycles. The molecule has 16 atom stereocenters. The third-order valence-corrected chi connectivity index (χ3v) is 20.8. The molecule has 2 aliphatic rings. The number of rotatable bonds is 53. The summed E-state index contributed by atoms with van der Waals surface area (Å²) in [6.07, 6.45) is -3.25. The topological polar surface area (TPSA) is 774 Å². The summed E-state index contributed by atoms with van der Waals surface area (Å²) < 4.78 is 0. The van der Waals surface area contributed by atoms with Crippen LogP contribution in [-0.2, 0) is 109 Å². The number of benzene rings is 1. The number of guanidine groups is 1. The predicted octanol–water partition coefficient (Wildman–Crippen LogP) is -10.7. The Morgan fingerprint density at radius 3 is 1.40 bits per heavy atom. The Morgan fingerprint density at radius 2 is 0.935 bits per heavy atom. The van der Waals surface area contributed by atoms with E-state index < -0.39 is 290 Å². The van der Waals surface area contributed by atoms with E-state index in [9.17, 15) is 121 Å². The van der Waals surface area contributed by atoms with Gasteiger partial charge in [-0.3, -0.25) is 101 Å². The summed E-state index contributed by atoms with van der Waals surface area (Å²) in [6.45, 7) is 1.12. The molecule has 680 valence electrons. The molecule has 0 saturated carbocycles. The van der Waals surface area contributed by atoms with Gasteiger partial charge in [-0.2, -0.15) is 50.5 Å². The number of aliphatic hydroxyl groups excluding tert-OH is 1. The molecule has 0 radical (unpaired) electrons. The Balaban J connectivity index is 1.60. The average Bonchev–Trinajstić information content (AvgIpc) is 1.73. The number of thiol groups is 4. The summed E-state index contributed by atoms with van der Waals surface area (Å²) in [5, 5.41) is 90.7. The van der Waals surface area contributed by atoms with Crippen molar-refractivity contribution in [3.05, 3.63) is 48.0 Å². The number of carbonyl (C=O) groups is 20. The Kier molecular flexibility index (Phi) is 43.7. The zero-order valence-electron chi connectivity index (χ0n) is 66.8. The lowest BCUT2D eigenvalue weighted by Gasteiger charge is -2.31. The maximum Gasteiger partial charge on any atom is 0.305 e. The molecule has 2 aromatic rings. The number of H-pyrrole nitrogens is 1. The normalized spacial score (nSPS) is 16.9. The van der Waals surface area contributed by atoms with Gasteiger partial charge in [-0.1, -0.05) is 32.4 Å². The van der Waals surface area contributed by atoms with Crippen LogP contribution in [0.4, 0.5) is 0 Å². The fourth-order valence-electron chi connectivity index (χ4n) is 12.6. The number of carbonyl (C=O) groups excluding carboxylic acids is 17. The van der Waals surface area contributed by atoms with E-state index in [4.69, 9.17) is 28.3 Å². The smallest absolute Gasteiger partial charge is 0.305 e. The number of phenols is 1. The highest BCUT2D eigenvalue weighted by Gasteiger charge is 2.45. The van der Waals surface area contributed by atoms with E-state index in [1.165, 1.54) is 36.8 Å².